The molecule has 0 aromatic heterocycles. The van der Waals surface area contributed by atoms with Crippen LogP contribution in [-0.2, 0) is 18.3 Å². The molecule has 0 amide bonds. The van der Waals surface area contributed by atoms with Gasteiger partial charge < -0.3 is 0 Å². The molecule has 1 fully saturated rings. The highest BCUT2D eigenvalue weighted by Crippen LogP contribution is 2.44. The molecule has 28 heavy (non-hydrogen) atoms. The maximum absolute atomic E-state index is 2.67. The fourth-order valence-corrected chi connectivity index (χ4v) is 6.08. The van der Waals surface area contributed by atoms with Crippen LogP contribution in [0.5, 0.6) is 0 Å². The van der Waals surface area contributed by atoms with Crippen molar-refractivity contribution in [1.82, 2.24) is 0 Å². The van der Waals surface area contributed by atoms with Crippen LogP contribution in [0.4, 0.5) is 0 Å². The highest BCUT2D eigenvalue weighted by atomic mass is 14.4. The molecule has 2 aliphatic carbocycles. The summed E-state index contributed by atoms with van der Waals surface area (Å²) in [6.07, 6.45) is 22.6. The lowest BCUT2D eigenvalue weighted by molar-refractivity contribution is 0.264. The number of unbranched alkanes of at least 4 members (excludes halogenated alkanes) is 4. The predicted molar refractivity (Wildman–Crippen MR) is 124 cm³/mol. The van der Waals surface area contributed by atoms with Gasteiger partial charge in [-0.05, 0) is 78.9 Å². The molecule has 0 saturated heterocycles. The van der Waals surface area contributed by atoms with E-state index in [0.29, 0.717) is 5.41 Å². The number of hydrogen-bond donors (Lipinski definition) is 0. The van der Waals surface area contributed by atoms with Crippen molar-refractivity contribution in [2.24, 2.45) is 11.8 Å². The third kappa shape index (κ3) is 5.64. The van der Waals surface area contributed by atoms with Crippen LogP contribution in [0.15, 0.2) is 18.2 Å². The van der Waals surface area contributed by atoms with Gasteiger partial charge in [0.1, 0.15) is 0 Å². The topological polar surface area (TPSA) is 0 Å². The maximum atomic E-state index is 2.67. The fraction of sp³-hybridized carbons (Fsp3) is 0.786. The van der Waals surface area contributed by atoms with E-state index in [-0.39, 0.29) is 0 Å². The number of fused-ring (bicyclic) bond motifs is 1. The molecule has 1 aromatic carbocycles. The van der Waals surface area contributed by atoms with Gasteiger partial charge in [-0.3, -0.25) is 0 Å². The van der Waals surface area contributed by atoms with Gasteiger partial charge in [-0.15, -0.1) is 0 Å². The molecule has 0 N–H and O–H groups in total. The minimum atomic E-state index is 0.507. The van der Waals surface area contributed by atoms with E-state index >= 15 is 0 Å². The van der Waals surface area contributed by atoms with Crippen molar-refractivity contribution >= 4 is 0 Å². The van der Waals surface area contributed by atoms with Crippen LogP contribution >= 0.6 is 0 Å². The lowest BCUT2D eigenvalue weighted by Crippen LogP contribution is -2.29. The van der Waals surface area contributed by atoms with E-state index in [9.17, 15) is 0 Å². The minimum absolute atomic E-state index is 0.507. The summed E-state index contributed by atoms with van der Waals surface area (Å²) in [6, 6.07) is 7.77. The number of rotatable bonds is 10. The summed E-state index contributed by atoms with van der Waals surface area (Å²) in [6.45, 7) is 7.11. The van der Waals surface area contributed by atoms with E-state index in [1.807, 2.05) is 0 Å². The quantitative estimate of drug-likeness (QED) is 0.355. The Bertz CT molecular complexity index is 578. The Hall–Kier alpha value is -0.780. The Morgan fingerprint density at radius 1 is 0.964 bits per heavy atom. The smallest absolute Gasteiger partial charge is 0.00469 e. The summed E-state index contributed by atoms with van der Waals surface area (Å²) in [5.41, 5.74) is 5.60. The van der Waals surface area contributed by atoms with Gasteiger partial charge in [-0.1, -0.05) is 96.8 Å². The first-order valence-corrected chi connectivity index (χ1v) is 12.8. The standard InChI is InChI=1S/C28H46/c1-4-6-7-8-10-17-28(18-11-9-12-19-28)27-16-15-25-21-24(20-23(3)5-2)13-14-26(25)22-27/h15-16,22-24H,4-14,17-21H2,1-3H3. The minimum Gasteiger partial charge on any atom is -0.0654 e. The molecule has 1 aromatic rings. The first kappa shape index (κ1) is 21.9. The van der Waals surface area contributed by atoms with Gasteiger partial charge in [0.15, 0.2) is 0 Å². The van der Waals surface area contributed by atoms with Gasteiger partial charge in [0, 0.05) is 0 Å². The molecular weight excluding hydrogens is 336 g/mol. The summed E-state index contributed by atoms with van der Waals surface area (Å²) in [5, 5.41) is 0. The second-order valence-electron chi connectivity index (χ2n) is 10.3. The van der Waals surface area contributed by atoms with Crippen molar-refractivity contribution in [2.75, 3.05) is 0 Å². The lowest BCUT2D eigenvalue weighted by atomic mass is 9.65. The van der Waals surface area contributed by atoms with Crippen LogP contribution in [0, 0.1) is 11.8 Å². The monoisotopic (exact) mass is 382 g/mol. The zero-order valence-corrected chi connectivity index (χ0v) is 19.2. The number of aryl methyl sites for hydroxylation is 1. The molecule has 2 unspecified atom stereocenters. The van der Waals surface area contributed by atoms with E-state index in [2.05, 4.69) is 39.0 Å². The zero-order chi connectivity index (χ0) is 19.8. The molecule has 0 nitrogen and oxygen atoms in total. The fourth-order valence-electron chi connectivity index (χ4n) is 6.08. The summed E-state index contributed by atoms with van der Waals surface area (Å²) in [5.74, 6) is 1.82. The molecule has 0 heterocycles. The molecule has 2 aliphatic rings. The normalized spacial score (nSPS) is 22.6. The zero-order valence-electron chi connectivity index (χ0n) is 19.2. The van der Waals surface area contributed by atoms with Crippen LogP contribution in [-0.4, -0.2) is 0 Å². The number of benzene rings is 1. The molecule has 0 aliphatic heterocycles. The Balaban J connectivity index is 1.68. The summed E-state index contributed by atoms with van der Waals surface area (Å²) in [4.78, 5) is 0. The lowest BCUT2D eigenvalue weighted by Gasteiger charge is -2.39. The van der Waals surface area contributed by atoms with E-state index in [4.69, 9.17) is 0 Å². The Kier molecular flexibility index (Phi) is 8.49. The van der Waals surface area contributed by atoms with Gasteiger partial charge >= 0.3 is 0 Å². The van der Waals surface area contributed by atoms with Crippen molar-refractivity contribution in [2.45, 2.75) is 129 Å². The predicted octanol–water partition coefficient (Wildman–Crippen LogP) is 8.79. The van der Waals surface area contributed by atoms with Crippen molar-refractivity contribution in [3.63, 3.8) is 0 Å². The van der Waals surface area contributed by atoms with Gasteiger partial charge in [0.05, 0.1) is 0 Å². The molecule has 2 atom stereocenters. The van der Waals surface area contributed by atoms with Crippen molar-refractivity contribution in [1.29, 1.82) is 0 Å². The Labute approximate surface area is 175 Å². The summed E-state index contributed by atoms with van der Waals surface area (Å²) in [7, 11) is 0. The van der Waals surface area contributed by atoms with Crippen LogP contribution in [0.1, 0.15) is 127 Å². The summed E-state index contributed by atoms with van der Waals surface area (Å²) >= 11 is 0. The third-order valence-electron chi connectivity index (χ3n) is 8.15. The molecule has 0 spiro atoms. The summed E-state index contributed by atoms with van der Waals surface area (Å²) < 4.78 is 0. The van der Waals surface area contributed by atoms with Crippen molar-refractivity contribution in [3.8, 4) is 0 Å². The molecule has 1 saturated carbocycles. The Morgan fingerprint density at radius 2 is 1.75 bits per heavy atom. The molecule has 0 heteroatoms. The molecule has 0 radical (unpaired) electrons. The van der Waals surface area contributed by atoms with E-state index in [0.717, 1.165) is 11.8 Å². The second kappa shape index (κ2) is 10.8. The first-order valence-electron chi connectivity index (χ1n) is 12.8. The largest absolute Gasteiger partial charge is 0.0654 e. The average Bonchev–Trinajstić information content (AvgIpc) is 2.73. The van der Waals surface area contributed by atoms with E-state index in [1.54, 1.807) is 16.7 Å². The molecule has 0 bridgehead atoms. The highest BCUT2D eigenvalue weighted by Gasteiger charge is 2.34. The highest BCUT2D eigenvalue weighted by molar-refractivity contribution is 5.38. The SMILES string of the molecule is CCCCCCCC1(c2ccc3c(c2)CCC(CC(C)CC)C3)CCCCC1. The van der Waals surface area contributed by atoms with Gasteiger partial charge in [-0.25, -0.2) is 0 Å². The number of hydrogen-bond acceptors (Lipinski definition) is 0. The van der Waals surface area contributed by atoms with Crippen LogP contribution < -0.4 is 0 Å². The van der Waals surface area contributed by atoms with Crippen molar-refractivity contribution < 1.29 is 0 Å². The Morgan fingerprint density at radius 3 is 2.50 bits per heavy atom. The second-order valence-corrected chi connectivity index (χ2v) is 10.3. The molecule has 3 rings (SSSR count). The third-order valence-corrected chi connectivity index (χ3v) is 8.15. The van der Waals surface area contributed by atoms with Gasteiger partial charge in [0.25, 0.3) is 0 Å². The maximum Gasteiger partial charge on any atom is -0.00469 e. The van der Waals surface area contributed by atoms with Crippen molar-refractivity contribution in [3.05, 3.63) is 34.9 Å². The van der Waals surface area contributed by atoms with E-state index in [1.165, 1.54) is 103 Å². The van der Waals surface area contributed by atoms with Crippen LogP contribution in [0.25, 0.3) is 0 Å². The average molecular weight is 383 g/mol. The van der Waals surface area contributed by atoms with Gasteiger partial charge in [0.2, 0.25) is 0 Å². The van der Waals surface area contributed by atoms with Crippen LogP contribution in [0.3, 0.4) is 0 Å². The molecular formula is C28H46. The van der Waals surface area contributed by atoms with E-state index < -0.39 is 0 Å². The van der Waals surface area contributed by atoms with Gasteiger partial charge in [-0.2, -0.15) is 0 Å². The molecule has 158 valence electrons. The first-order chi connectivity index (χ1) is 13.7. The van der Waals surface area contributed by atoms with Crippen LogP contribution in [0.2, 0.25) is 0 Å².